The van der Waals surface area contributed by atoms with Crippen LogP contribution in [0.3, 0.4) is 0 Å². The first-order chi connectivity index (χ1) is 25.4. The lowest BCUT2D eigenvalue weighted by Crippen LogP contribution is -2.48. The van der Waals surface area contributed by atoms with Crippen molar-refractivity contribution in [2.45, 2.75) is 63.3 Å². The number of carbonyl (C=O) groups is 1. The average Bonchev–Trinajstić information content (AvgIpc) is 3.95. The van der Waals surface area contributed by atoms with Gasteiger partial charge in [-0.15, -0.1) is 16.4 Å². The SMILES string of the molecule is CCN(C(=O)n1cnc(Cl)n1)C1CCN(c2nc(OC[C@@]34CCCN3C[C@H](F)C4)nc3c(F)c(-c4ccc(F)c5sc(N)c(C#N)c45)c(Cl)cc23)C1C. The Morgan fingerprint density at radius 1 is 1.26 bits per heavy atom. The Kier molecular flexibility index (Phi) is 9.03. The van der Waals surface area contributed by atoms with Gasteiger partial charge in [0.2, 0.25) is 5.28 Å². The second-order valence-electron chi connectivity index (χ2n) is 13.7. The minimum Gasteiger partial charge on any atom is -0.461 e. The number of ether oxygens (including phenoxy) is 1. The first-order valence-corrected chi connectivity index (χ1v) is 18.8. The van der Waals surface area contributed by atoms with Crippen LogP contribution >= 0.6 is 34.5 Å². The third-order valence-corrected chi connectivity index (χ3v) is 12.4. The van der Waals surface area contributed by atoms with E-state index >= 15 is 4.39 Å². The molecule has 53 heavy (non-hydrogen) atoms. The van der Waals surface area contributed by atoms with Gasteiger partial charge in [-0.25, -0.2) is 22.9 Å². The van der Waals surface area contributed by atoms with Crippen LogP contribution < -0.4 is 15.4 Å². The number of likely N-dealkylation sites (N-methyl/N-ethyl adjacent to an activating group) is 1. The lowest BCUT2D eigenvalue weighted by Gasteiger charge is -2.33. The number of benzene rings is 2. The molecule has 5 aromatic rings. The fourth-order valence-corrected chi connectivity index (χ4v) is 9.83. The first kappa shape index (κ1) is 35.6. The monoisotopic (exact) mass is 784 g/mol. The number of rotatable bonds is 7. The maximum Gasteiger partial charge on any atom is 0.346 e. The van der Waals surface area contributed by atoms with E-state index in [1.54, 1.807) is 11.0 Å². The quantitative estimate of drug-likeness (QED) is 0.182. The number of nitrogens with two attached hydrogens (primary N) is 1. The van der Waals surface area contributed by atoms with Gasteiger partial charge in [-0.1, -0.05) is 17.7 Å². The predicted molar refractivity (Wildman–Crippen MR) is 196 cm³/mol. The normalized spacial score (nSPS) is 22.9. The average molecular weight is 786 g/mol. The Labute approximate surface area is 315 Å². The largest absolute Gasteiger partial charge is 0.461 e. The van der Waals surface area contributed by atoms with Gasteiger partial charge in [0, 0.05) is 48.4 Å². The molecule has 1 amide bonds. The molecule has 3 fully saturated rings. The first-order valence-electron chi connectivity index (χ1n) is 17.2. The minimum atomic E-state index is -0.980. The molecule has 2 aromatic carbocycles. The fourth-order valence-electron chi connectivity index (χ4n) is 8.46. The zero-order valence-corrected chi connectivity index (χ0v) is 31.0. The van der Waals surface area contributed by atoms with Gasteiger partial charge in [-0.05, 0) is 69.0 Å². The maximum atomic E-state index is 17.2. The summed E-state index contributed by atoms with van der Waals surface area (Å²) < 4.78 is 54.3. The summed E-state index contributed by atoms with van der Waals surface area (Å²) in [7, 11) is 0. The summed E-state index contributed by atoms with van der Waals surface area (Å²) in [5, 5.41) is 14.4. The van der Waals surface area contributed by atoms with E-state index in [2.05, 4.69) is 20.0 Å². The highest BCUT2D eigenvalue weighted by molar-refractivity contribution is 7.23. The molecular weight excluding hydrogens is 752 g/mol. The van der Waals surface area contributed by atoms with Crippen molar-refractivity contribution >= 4 is 72.4 Å². The lowest BCUT2D eigenvalue weighted by atomic mass is 9.95. The van der Waals surface area contributed by atoms with E-state index in [0.29, 0.717) is 38.3 Å². The number of anilines is 2. The Bertz CT molecular complexity index is 2330. The van der Waals surface area contributed by atoms with Crippen LogP contribution in [0.1, 0.15) is 45.1 Å². The summed E-state index contributed by atoms with van der Waals surface area (Å²) in [5.41, 5.74) is 5.56. The Morgan fingerprint density at radius 3 is 2.81 bits per heavy atom. The van der Waals surface area contributed by atoms with Gasteiger partial charge in [-0.2, -0.15) is 19.9 Å². The van der Waals surface area contributed by atoms with Crippen LogP contribution in [-0.4, -0.2) is 97.1 Å². The number of hydrogen-bond donors (Lipinski definition) is 1. The summed E-state index contributed by atoms with van der Waals surface area (Å²) in [6, 6.07) is 4.97. The molecule has 0 bridgehead atoms. The molecule has 0 aliphatic carbocycles. The molecular formula is C35H33Cl2F3N10O2S. The van der Waals surface area contributed by atoms with Crippen LogP contribution in [-0.2, 0) is 0 Å². The molecule has 3 aliphatic rings. The van der Waals surface area contributed by atoms with Crippen molar-refractivity contribution in [3.63, 3.8) is 0 Å². The molecule has 2 unspecified atom stereocenters. The number of alkyl halides is 1. The van der Waals surface area contributed by atoms with Gasteiger partial charge in [0.15, 0.2) is 5.82 Å². The van der Waals surface area contributed by atoms with Crippen LogP contribution in [0.25, 0.3) is 32.1 Å². The van der Waals surface area contributed by atoms with Crippen LogP contribution in [0.2, 0.25) is 10.3 Å². The van der Waals surface area contributed by atoms with Crippen molar-refractivity contribution in [2.24, 2.45) is 0 Å². The molecule has 4 atom stereocenters. The minimum absolute atomic E-state index is 0.0192. The van der Waals surface area contributed by atoms with Crippen LogP contribution in [0, 0.1) is 23.0 Å². The summed E-state index contributed by atoms with van der Waals surface area (Å²) >= 11 is 13.7. The van der Waals surface area contributed by atoms with Gasteiger partial charge < -0.3 is 20.3 Å². The number of amides is 1. The number of fused-ring (bicyclic) bond motifs is 3. The number of nitriles is 1. The molecule has 0 spiro atoms. The topological polar surface area (TPSA) is 142 Å². The number of halogens is 5. The van der Waals surface area contributed by atoms with Gasteiger partial charge in [0.25, 0.3) is 0 Å². The standard InChI is InChI=1S/C35H33Cl2F3N10O2S/c1-3-48(34(51)50-16-43-32(37)46-50)24-7-10-49(17(24)2)31-20-11-22(36)26(19-5-6-23(39)29-25(19)21(13-41)30(42)53-29)27(40)28(20)44-33(45-31)52-15-35-8-4-9-47(35)14-18(38)12-35/h5-6,11,16-18,24H,3-4,7-10,12,14-15,42H2,1-2H3/t17?,18-,24?,35+/m1/s1. The van der Waals surface area contributed by atoms with Crippen LogP contribution in [0.5, 0.6) is 6.01 Å². The van der Waals surface area contributed by atoms with Crippen molar-refractivity contribution in [1.29, 1.82) is 5.26 Å². The van der Waals surface area contributed by atoms with E-state index in [9.17, 15) is 18.8 Å². The van der Waals surface area contributed by atoms with Crippen molar-refractivity contribution in [2.75, 3.05) is 43.4 Å². The van der Waals surface area contributed by atoms with Gasteiger partial charge in [0.05, 0.1) is 26.9 Å². The third-order valence-electron chi connectivity index (χ3n) is 10.9. The number of hydrogen-bond acceptors (Lipinski definition) is 11. The van der Waals surface area contributed by atoms with Crippen molar-refractivity contribution in [1.82, 2.24) is 34.5 Å². The summed E-state index contributed by atoms with van der Waals surface area (Å²) in [5.74, 6) is -1.10. The highest BCUT2D eigenvalue weighted by Crippen LogP contribution is 2.47. The van der Waals surface area contributed by atoms with Crippen LogP contribution in [0.15, 0.2) is 24.5 Å². The number of thiophene rings is 1. The Morgan fingerprint density at radius 2 is 2.08 bits per heavy atom. The van der Waals surface area contributed by atoms with E-state index < -0.39 is 29.4 Å². The Hall–Kier alpha value is -4.43. The summed E-state index contributed by atoms with van der Waals surface area (Å²) in [4.78, 5) is 32.5. The maximum absolute atomic E-state index is 17.2. The molecule has 0 saturated carbocycles. The van der Waals surface area contributed by atoms with Crippen molar-refractivity contribution < 1.29 is 22.7 Å². The van der Waals surface area contributed by atoms with Gasteiger partial charge in [0.1, 0.15) is 47.3 Å². The molecule has 18 heteroatoms. The second kappa shape index (κ2) is 13.5. The molecule has 3 aliphatic heterocycles. The highest BCUT2D eigenvalue weighted by atomic mass is 35.5. The van der Waals surface area contributed by atoms with E-state index in [4.69, 9.17) is 38.7 Å². The molecule has 12 nitrogen and oxygen atoms in total. The van der Waals surface area contributed by atoms with Gasteiger partial charge >= 0.3 is 12.0 Å². The smallest absolute Gasteiger partial charge is 0.346 e. The molecule has 0 radical (unpaired) electrons. The molecule has 8 rings (SSSR count). The molecule has 276 valence electrons. The molecule has 3 aromatic heterocycles. The Balaban J connectivity index is 1.25. The van der Waals surface area contributed by atoms with E-state index in [1.165, 1.54) is 18.5 Å². The number of nitrogens with zero attached hydrogens (tertiary/aromatic N) is 9. The van der Waals surface area contributed by atoms with E-state index in [0.717, 1.165) is 35.4 Å². The van der Waals surface area contributed by atoms with Crippen molar-refractivity contribution in [3.05, 3.63) is 52.0 Å². The van der Waals surface area contributed by atoms with E-state index in [-0.39, 0.29) is 77.7 Å². The van der Waals surface area contributed by atoms with Crippen molar-refractivity contribution in [3.8, 4) is 23.2 Å². The number of carbonyl (C=O) groups excluding carboxylic acids is 1. The second-order valence-corrected chi connectivity index (χ2v) is 15.5. The molecule has 3 saturated heterocycles. The zero-order chi connectivity index (χ0) is 37.3. The summed E-state index contributed by atoms with van der Waals surface area (Å²) in [6.07, 6.45) is 2.78. The van der Waals surface area contributed by atoms with Crippen LogP contribution in [0.4, 0.5) is 28.8 Å². The lowest BCUT2D eigenvalue weighted by molar-refractivity contribution is 0.107. The van der Waals surface area contributed by atoms with E-state index in [1.807, 2.05) is 24.8 Å². The molecule has 6 heterocycles. The van der Waals surface area contributed by atoms with Gasteiger partial charge in [-0.3, -0.25) is 4.90 Å². The number of aromatic nitrogens is 5. The fraction of sp³-hybridized carbons (Fsp3) is 0.429. The number of nitrogen functional groups attached to an aromatic ring is 1. The molecule has 2 N–H and O–H groups in total. The summed E-state index contributed by atoms with van der Waals surface area (Å²) in [6.45, 7) is 5.78. The zero-order valence-electron chi connectivity index (χ0n) is 28.6. The highest BCUT2D eigenvalue weighted by Gasteiger charge is 2.49. The third kappa shape index (κ3) is 5.79. The predicted octanol–water partition coefficient (Wildman–Crippen LogP) is 7.05.